The van der Waals surface area contributed by atoms with E-state index in [0.29, 0.717) is 25.2 Å². The van der Waals surface area contributed by atoms with E-state index in [1.165, 1.54) is 12.1 Å². The van der Waals surface area contributed by atoms with Gasteiger partial charge in [-0.3, -0.25) is 0 Å². The van der Waals surface area contributed by atoms with Gasteiger partial charge in [-0.15, -0.1) is 0 Å². The molecule has 0 saturated carbocycles. The molecule has 1 unspecified atom stereocenters. The first-order valence-electron chi connectivity index (χ1n) is 7.52. The van der Waals surface area contributed by atoms with Crippen molar-refractivity contribution in [2.45, 2.75) is 45.6 Å². The molecule has 1 aromatic carbocycles. The molecule has 0 radical (unpaired) electrons. The van der Waals surface area contributed by atoms with Crippen LogP contribution in [0.5, 0.6) is 5.75 Å². The highest BCUT2D eigenvalue weighted by Gasteiger charge is 2.14. The second-order valence-corrected chi connectivity index (χ2v) is 5.08. The zero-order valence-electron chi connectivity index (χ0n) is 12.8. The number of ether oxygens (including phenoxy) is 2. The van der Waals surface area contributed by atoms with Crippen LogP contribution in [-0.2, 0) is 11.2 Å². The number of benzene rings is 1. The molecule has 0 heterocycles. The van der Waals surface area contributed by atoms with Gasteiger partial charge in [0.2, 0.25) is 0 Å². The highest BCUT2D eigenvalue weighted by atomic mass is 19.1. The average Bonchev–Trinajstić information content (AvgIpc) is 2.44. The molecular formula is C16H25F2NO2. The second-order valence-electron chi connectivity index (χ2n) is 5.08. The van der Waals surface area contributed by atoms with Crippen LogP contribution in [0.25, 0.3) is 0 Å². The van der Waals surface area contributed by atoms with E-state index in [0.717, 1.165) is 19.3 Å². The fraction of sp³-hybridized carbons (Fsp3) is 0.625. The van der Waals surface area contributed by atoms with Crippen LogP contribution in [0.3, 0.4) is 0 Å². The lowest BCUT2D eigenvalue weighted by Gasteiger charge is -2.12. The van der Waals surface area contributed by atoms with E-state index in [-0.39, 0.29) is 18.4 Å². The normalized spacial score (nSPS) is 12.4. The van der Waals surface area contributed by atoms with Gasteiger partial charge in [0.1, 0.15) is 6.61 Å². The number of nitrogens with two attached hydrogens (primary N) is 1. The minimum absolute atomic E-state index is 0.0949. The second kappa shape index (κ2) is 9.68. The van der Waals surface area contributed by atoms with Gasteiger partial charge in [0, 0.05) is 12.6 Å². The van der Waals surface area contributed by atoms with Gasteiger partial charge in [0.05, 0.1) is 6.61 Å². The monoisotopic (exact) mass is 301 g/mol. The standard InChI is InChI=1S/C16H25F2NO2/c1-3-5-6-20-7-8-21-16-14(17)10-12(11-15(16)18)9-13(19)4-2/h10-11,13H,3-9,19H2,1-2H3. The zero-order chi connectivity index (χ0) is 15.7. The molecule has 0 aliphatic rings. The molecule has 120 valence electrons. The minimum Gasteiger partial charge on any atom is -0.485 e. The van der Waals surface area contributed by atoms with E-state index in [9.17, 15) is 8.78 Å². The van der Waals surface area contributed by atoms with Gasteiger partial charge in [-0.2, -0.15) is 0 Å². The third kappa shape index (κ3) is 6.40. The van der Waals surface area contributed by atoms with Crippen molar-refractivity contribution in [3.8, 4) is 5.75 Å². The maximum Gasteiger partial charge on any atom is 0.190 e. The summed E-state index contributed by atoms with van der Waals surface area (Å²) in [5.74, 6) is -1.73. The first-order valence-corrected chi connectivity index (χ1v) is 7.52. The summed E-state index contributed by atoms with van der Waals surface area (Å²) in [7, 11) is 0. The molecule has 0 aliphatic heterocycles. The zero-order valence-corrected chi connectivity index (χ0v) is 12.8. The number of hydrogen-bond donors (Lipinski definition) is 1. The molecule has 0 amide bonds. The summed E-state index contributed by atoms with van der Waals surface area (Å²) < 4.78 is 38.1. The van der Waals surface area contributed by atoms with Crippen LogP contribution >= 0.6 is 0 Å². The summed E-state index contributed by atoms with van der Waals surface area (Å²) in [4.78, 5) is 0. The van der Waals surface area contributed by atoms with Crippen molar-refractivity contribution in [2.24, 2.45) is 5.73 Å². The molecule has 2 N–H and O–H groups in total. The third-order valence-corrected chi connectivity index (χ3v) is 3.20. The fourth-order valence-corrected chi connectivity index (χ4v) is 1.87. The van der Waals surface area contributed by atoms with Crippen molar-refractivity contribution in [3.05, 3.63) is 29.3 Å². The summed E-state index contributed by atoms with van der Waals surface area (Å²) >= 11 is 0. The van der Waals surface area contributed by atoms with Crippen molar-refractivity contribution in [2.75, 3.05) is 19.8 Å². The number of halogens is 2. The van der Waals surface area contributed by atoms with Gasteiger partial charge >= 0.3 is 0 Å². The van der Waals surface area contributed by atoms with E-state index in [4.69, 9.17) is 15.2 Å². The van der Waals surface area contributed by atoms with Crippen LogP contribution < -0.4 is 10.5 Å². The Morgan fingerprint density at radius 1 is 1.10 bits per heavy atom. The summed E-state index contributed by atoms with van der Waals surface area (Å²) in [6, 6.07) is 2.47. The van der Waals surface area contributed by atoms with Gasteiger partial charge in [0.15, 0.2) is 17.4 Å². The fourth-order valence-electron chi connectivity index (χ4n) is 1.87. The summed E-state index contributed by atoms with van der Waals surface area (Å²) in [5, 5.41) is 0. The Balaban J connectivity index is 2.51. The Bertz CT molecular complexity index is 404. The average molecular weight is 301 g/mol. The van der Waals surface area contributed by atoms with E-state index in [1.54, 1.807) is 0 Å². The molecular weight excluding hydrogens is 276 g/mol. The lowest BCUT2D eigenvalue weighted by molar-refractivity contribution is 0.0951. The minimum atomic E-state index is -0.693. The summed E-state index contributed by atoms with van der Waals surface area (Å²) in [6.45, 7) is 5.09. The summed E-state index contributed by atoms with van der Waals surface area (Å²) in [6.07, 6.45) is 3.22. The number of hydrogen-bond acceptors (Lipinski definition) is 3. The molecule has 0 aliphatic carbocycles. The molecule has 5 heteroatoms. The molecule has 1 atom stereocenters. The highest BCUT2D eigenvalue weighted by molar-refractivity contribution is 5.31. The summed E-state index contributed by atoms with van der Waals surface area (Å²) in [5.41, 5.74) is 6.34. The van der Waals surface area contributed by atoms with Crippen molar-refractivity contribution in [1.82, 2.24) is 0 Å². The molecule has 0 bridgehead atoms. The Kier molecular flexibility index (Phi) is 8.23. The Labute approximate surface area is 125 Å². The molecule has 0 saturated heterocycles. The Hall–Kier alpha value is -1.20. The molecule has 0 spiro atoms. The first-order chi connectivity index (χ1) is 10.1. The molecule has 1 aromatic rings. The lowest BCUT2D eigenvalue weighted by atomic mass is 10.0. The van der Waals surface area contributed by atoms with Crippen LogP contribution in [0.4, 0.5) is 8.78 Å². The van der Waals surface area contributed by atoms with Crippen molar-refractivity contribution in [3.63, 3.8) is 0 Å². The van der Waals surface area contributed by atoms with Gasteiger partial charge in [-0.25, -0.2) is 8.78 Å². The lowest BCUT2D eigenvalue weighted by Crippen LogP contribution is -2.21. The maximum absolute atomic E-state index is 13.8. The van der Waals surface area contributed by atoms with E-state index in [2.05, 4.69) is 6.92 Å². The molecule has 1 rings (SSSR count). The SMILES string of the molecule is CCCCOCCOc1c(F)cc(CC(N)CC)cc1F. The first kappa shape index (κ1) is 17.9. The molecule has 0 aromatic heterocycles. The van der Waals surface area contributed by atoms with Crippen LogP contribution in [-0.4, -0.2) is 25.9 Å². The smallest absolute Gasteiger partial charge is 0.190 e. The number of rotatable bonds is 10. The van der Waals surface area contributed by atoms with Gasteiger partial charge in [0.25, 0.3) is 0 Å². The van der Waals surface area contributed by atoms with Crippen molar-refractivity contribution >= 4 is 0 Å². The van der Waals surface area contributed by atoms with Crippen LogP contribution in [0.2, 0.25) is 0 Å². The van der Waals surface area contributed by atoms with Crippen LogP contribution in [0, 0.1) is 11.6 Å². The molecule has 21 heavy (non-hydrogen) atoms. The Morgan fingerprint density at radius 3 is 2.33 bits per heavy atom. The van der Waals surface area contributed by atoms with E-state index in [1.807, 2.05) is 6.92 Å². The number of unbranched alkanes of at least 4 members (excludes halogenated alkanes) is 1. The van der Waals surface area contributed by atoms with E-state index < -0.39 is 11.6 Å². The molecule has 0 fully saturated rings. The Morgan fingerprint density at radius 2 is 1.76 bits per heavy atom. The molecule has 3 nitrogen and oxygen atoms in total. The third-order valence-electron chi connectivity index (χ3n) is 3.20. The predicted molar refractivity (Wildman–Crippen MR) is 79.6 cm³/mol. The quantitative estimate of drug-likeness (QED) is 0.673. The van der Waals surface area contributed by atoms with Gasteiger partial charge < -0.3 is 15.2 Å². The van der Waals surface area contributed by atoms with Crippen molar-refractivity contribution < 1.29 is 18.3 Å². The van der Waals surface area contributed by atoms with Crippen molar-refractivity contribution in [1.29, 1.82) is 0 Å². The van der Waals surface area contributed by atoms with Gasteiger partial charge in [-0.05, 0) is 37.0 Å². The topological polar surface area (TPSA) is 44.5 Å². The van der Waals surface area contributed by atoms with E-state index >= 15 is 0 Å². The highest BCUT2D eigenvalue weighted by Crippen LogP contribution is 2.24. The van der Waals surface area contributed by atoms with Gasteiger partial charge in [-0.1, -0.05) is 20.3 Å². The largest absolute Gasteiger partial charge is 0.485 e. The predicted octanol–water partition coefficient (Wildman–Crippen LogP) is 3.44. The van der Waals surface area contributed by atoms with Crippen LogP contribution in [0.1, 0.15) is 38.7 Å². The van der Waals surface area contributed by atoms with Crippen LogP contribution in [0.15, 0.2) is 12.1 Å². The maximum atomic E-state index is 13.8.